The van der Waals surface area contributed by atoms with Crippen LogP contribution in [0.25, 0.3) is 10.9 Å². The van der Waals surface area contributed by atoms with Crippen LogP contribution in [0.2, 0.25) is 0 Å². The largest absolute Gasteiger partial charge is 0.468 e. The first-order valence-corrected chi connectivity index (χ1v) is 6.96. The Kier molecular flexibility index (Phi) is 3.26. The van der Waals surface area contributed by atoms with E-state index >= 15 is 0 Å². The van der Waals surface area contributed by atoms with Crippen molar-refractivity contribution < 1.29 is 9.53 Å². The summed E-state index contributed by atoms with van der Waals surface area (Å²) in [5.74, 6) is -0.196. The van der Waals surface area contributed by atoms with Gasteiger partial charge < -0.3 is 14.2 Å². The highest BCUT2D eigenvalue weighted by Gasteiger charge is 2.23. The number of nitrogens with zero attached hydrogens (tertiary/aromatic N) is 2. The Labute approximate surface area is 118 Å². The van der Waals surface area contributed by atoms with Crippen LogP contribution in [0.5, 0.6) is 0 Å². The maximum absolute atomic E-state index is 11.7. The zero-order chi connectivity index (χ0) is 14.3. The second kappa shape index (κ2) is 4.94. The lowest BCUT2D eigenvalue weighted by atomic mass is 10.0. The van der Waals surface area contributed by atoms with Gasteiger partial charge in [-0.1, -0.05) is 11.6 Å². The van der Waals surface area contributed by atoms with E-state index < -0.39 is 0 Å². The molecule has 0 spiro atoms. The molecule has 106 valence electrons. The molecule has 2 heterocycles. The monoisotopic (exact) mass is 272 g/mol. The predicted octanol–water partition coefficient (Wildman–Crippen LogP) is 2.11. The molecule has 0 bridgehead atoms. The molecule has 0 unspecified atom stereocenters. The molecule has 3 rings (SSSR count). The van der Waals surface area contributed by atoms with Gasteiger partial charge in [-0.15, -0.1) is 0 Å². The van der Waals surface area contributed by atoms with Crippen molar-refractivity contribution in [2.24, 2.45) is 0 Å². The number of aromatic nitrogens is 1. The van der Waals surface area contributed by atoms with Crippen LogP contribution in [-0.2, 0) is 29.0 Å². The molecule has 1 aliphatic rings. The number of hydrogen-bond donors (Lipinski definition) is 0. The Morgan fingerprint density at radius 2 is 2.20 bits per heavy atom. The Morgan fingerprint density at radius 1 is 1.40 bits per heavy atom. The van der Waals surface area contributed by atoms with E-state index in [1.807, 2.05) is 0 Å². The van der Waals surface area contributed by atoms with Crippen LogP contribution in [0.1, 0.15) is 16.8 Å². The van der Waals surface area contributed by atoms with Crippen LogP contribution in [-0.4, -0.2) is 36.1 Å². The highest BCUT2D eigenvalue weighted by atomic mass is 16.5. The number of benzene rings is 1. The van der Waals surface area contributed by atoms with E-state index in [-0.39, 0.29) is 5.97 Å². The first-order chi connectivity index (χ1) is 9.60. The number of rotatable bonds is 2. The summed E-state index contributed by atoms with van der Waals surface area (Å²) >= 11 is 0. The van der Waals surface area contributed by atoms with Crippen molar-refractivity contribution in [3.63, 3.8) is 0 Å². The normalized spacial score (nSPS) is 15.3. The number of methoxy groups -OCH3 is 1. The Morgan fingerprint density at radius 3 is 2.95 bits per heavy atom. The van der Waals surface area contributed by atoms with Crippen molar-refractivity contribution in [3.05, 3.63) is 35.0 Å². The van der Waals surface area contributed by atoms with E-state index in [2.05, 4.69) is 41.6 Å². The molecule has 0 saturated heterocycles. The van der Waals surface area contributed by atoms with Crippen molar-refractivity contribution >= 4 is 16.9 Å². The number of carbonyl (C=O) groups is 1. The maximum atomic E-state index is 11.7. The molecular formula is C16H20N2O2. The van der Waals surface area contributed by atoms with Gasteiger partial charge in [0.05, 0.1) is 7.11 Å². The van der Waals surface area contributed by atoms with E-state index in [4.69, 9.17) is 4.74 Å². The van der Waals surface area contributed by atoms with Gasteiger partial charge in [0.15, 0.2) is 0 Å². The summed E-state index contributed by atoms with van der Waals surface area (Å²) < 4.78 is 6.96. The average molecular weight is 272 g/mol. The van der Waals surface area contributed by atoms with Gasteiger partial charge in [0.25, 0.3) is 0 Å². The molecule has 0 saturated carbocycles. The van der Waals surface area contributed by atoms with Crippen molar-refractivity contribution in [3.8, 4) is 0 Å². The number of fused-ring (bicyclic) bond motifs is 3. The number of carbonyl (C=O) groups excluding carboxylic acids is 1. The Balaban J connectivity index is 2.20. The van der Waals surface area contributed by atoms with E-state index in [1.165, 1.54) is 29.3 Å². The van der Waals surface area contributed by atoms with Gasteiger partial charge >= 0.3 is 5.97 Å². The quantitative estimate of drug-likeness (QED) is 0.785. The number of ether oxygens (including phenoxy) is 1. The van der Waals surface area contributed by atoms with E-state index in [0.717, 1.165) is 25.0 Å². The minimum atomic E-state index is -0.196. The van der Waals surface area contributed by atoms with Crippen LogP contribution in [0.4, 0.5) is 0 Å². The smallest absolute Gasteiger partial charge is 0.325 e. The molecule has 0 atom stereocenters. The summed E-state index contributed by atoms with van der Waals surface area (Å²) in [6, 6.07) is 6.45. The van der Waals surface area contributed by atoms with Gasteiger partial charge in [-0.2, -0.15) is 0 Å². The average Bonchev–Trinajstić information content (AvgIpc) is 2.72. The number of esters is 1. The SMILES string of the molecule is COC(=O)Cn1c2c(c3cc(C)ccc31)CCN(C)C2. The Bertz CT molecular complexity index is 673. The van der Waals surface area contributed by atoms with Crippen LogP contribution in [0.3, 0.4) is 0 Å². The lowest BCUT2D eigenvalue weighted by Crippen LogP contribution is -2.28. The zero-order valence-corrected chi connectivity index (χ0v) is 12.3. The Hall–Kier alpha value is -1.81. The van der Waals surface area contributed by atoms with Crippen LogP contribution >= 0.6 is 0 Å². The first-order valence-electron chi connectivity index (χ1n) is 6.96. The summed E-state index contributed by atoms with van der Waals surface area (Å²) in [6.45, 7) is 4.36. The molecule has 1 aromatic carbocycles. The minimum Gasteiger partial charge on any atom is -0.468 e. The van der Waals surface area contributed by atoms with Crippen LogP contribution in [0.15, 0.2) is 18.2 Å². The molecule has 0 amide bonds. The topological polar surface area (TPSA) is 34.5 Å². The van der Waals surface area contributed by atoms with Gasteiger partial charge in [0, 0.05) is 29.7 Å². The van der Waals surface area contributed by atoms with Crippen molar-refractivity contribution in [1.29, 1.82) is 0 Å². The molecule has 0 fully saturated rings. The molecule has 0 aliphatic carbocycles. The predicted molar refractivity (Wildman–Crippen MR) is 78.7 cm³/mol. The van der Waals surface area contributed by atoms with Gasteiger partial charge in [0.2, 0.25) is 0 Å². The van der Waals surface area contributed by atoms with Crippen molar-refractivity contribution in [1.82, 2.24) is 9.47 Å². The van der Waals surface area contributed by atoms with Gasteiger partial charge in [-0.05, 0) is 38.1 Å². The van der Waals surface area contributed by atoms with Gasteiger partial charge in [-0.25, -0.2) is 0 Å². The third-order valence-corrected chi connectivity index (χ3v) is 4.12. The van der Waals surface area contributed by atoms with Crippen molar-refractivity contribution in [2.45, 2.75) is 26.4 Å². The minimum absolute atomic E-state index is 0.196. The first kappa shape index (κ1) is 13.2. The summed E-state index contributed by atoms with van der Waals surface area (Å²) in [5, 5.41) is 1.29. The fraction of sp³-hybridized carbons (Fsp3) is 0.438. The third kappa shape index (κ3) is 2.10. The molecule has 4 heteroatoms. The molecule has 0 radical (unpaired) electrons. The van der Waals surface area contributed by atoms with Crippen LogP contribution < -0.4 is 0 Å². The van der Waals surface area contributed by atoms with E-state index in [9.17, 15) is 4.79 Å². The summed E-state index contributed by atoms with van der Waals surface area (Å²) in [7, 11) is 3.56. The highest BCUT2D eigenvalue weighted by Crippen LogP contribution is 2.31. The lowest BCUT2D eigenvalue weighted by Gasteiger charge is -2.24. The van der Waals surface area contributed by atoms with E-state index in [1.54, 1.807) is 0 Å². The molecule has 4 nitrogen and oxygen atoms in total. The van der Waals surface area contributed by atoms with E-state index in [0.29, 0.717) is 6.54 Å². The molecule has 1 aromatic heterocycles. The number of likely N-dealkylation sites (N-methyl/N-ethyl adjacent to an activating group) is 1. The molecular weight excluding hydrogens is 252 g/mol. The standard InChI is InChI=1S/C16H20N2O2/c1-11-4-5-14-13(8-11)12-6-7-17(2)9-15(12)18(14)10-16(19)20-3/h4-5,8H,6-7,9-10H2,1-3H3. The lowest BCUT2D eigenvalue weighted by molar-refractivity contribution is -0.141. The summed E-state index contributed by atoms with van der Waals surface area (Å²) in [5.41, 5.74) is 5.05. The highest BCUT2D eigenvalue weighted by molar-refractivity contribution is 5.88. The van der Waals surface area contributed by atoms with Gasteiger partial charge in [0.1, 0.15) is 6.54 Å². The molecule has 2 aromatic rings. The van der Waals surface area contributed by atoms with Crippen LogP contribution in [0, 0.1) is 6.92 Å². The zero-order valence-electron chi connectivity index (χ0n) is 12.3. The second-order valence-electron chi connectivity index (χ2n) is 5.60. The fourth-order valence-corrected chi connectivity index (χ4v) is 3.06. The second-order valence-corrected chi connectivity index (χ2v) is 5.60. The number of aryl methyl sites for hydroxylation is 1. The summed E-state index contributed by atoms with van der Waals surface area (Å²) in [4.78, 5) is 14.0. The molecule has 20 heavy (non-hydrogen) atoms. The third-order valence-electron chi connectivity index (χ3n) is 4.12. The van der Waals surface area contributed by atoms with Gasteiger partial charge in [-0.3, -0.25) is 4.79 Å². The fourth-order valence-electron chi connectivity index (χ4n) is 3.06. The number of hydrogen-bond acceptors (Lipinski definition) is 3. The molecule has 0 N–H and O–H groups in total. The van der Waals surface area contributed by atoms with Crippen molar-refractivity contribution in [2.75, 3.05) is 20.7 Å². The maximum Gasteiger partial charge on any atom is 0.325 e. The summed E-state index contributed by atoms with van der Waals surface area (Å²) in [6.07, 6.45) is 1.04. The molecule has 1 aliphatic heterocycles.